The van der Waals surface area contributed by atoms with Gasteiger partial charge in [0.2, 0.25) is 10.0 Å². The summed E-state index contributed by atoms with van der Waals surface area (Å²) >= 11 is 3.38. The number of hydrogen-bond acceptors (Lipinski definition) is 3. The van der Waals surface area contributed by atoms with E-state index in [1.807, 2.05) is 6.92 Å². The van der Waals surface area contributed by atoms with Crippen molar-refractivity contribution in [3.63, 3.8) is 0 Å². The fourth-order valence-corrected chi connectivity index (χ4v) is 4.55. The normalized spacial score (nSPS) is 22.6. The third kappa shape index (κ3) is 4.66. The summed E-state index contributed by atoms with van der Waals surface area (Å²) in [5, 5.41) is 0. The predicted octanol–water partition coefficient (Wildman–Crippen LogP) is 2.98. The minimum Gasteiger partial charge on any atom is -0.330 e. The van der Waals surface area contributed by atoms with Gasteiger partial charge in [-0.3, -0.25) is 0 Å². The lowest BCUT2D eigenvalue weighted by Gasteiger charge is -2.31. The van der Waals surface area contributed by atoms with Crippen LogP contribution in [-0.2, 0) is 10.0 Å². The SMILES string of the molecule is Cc1ccc(S(=O)(=O)NC2CCCCC2CN)cc1Br.Cl. The molecule has 0 heterocycles. The quantitative estimate of drug-likeness (QED) is 0.820. The maximum absolute atomic E-state index is 12.5. The highest BCUT2D eigenvalue weighted by molar-refractivity contribution is 9.10. The molecule has 1 aromatic carbocycles. The van der Waals surface area contributed by atoms with Crippen LogP contribution in [0.4, 0.5) is 0 Å². The number of nitrogens with two attached hydrogens (primary N) is 1. The Labute approximate surface area is 141 Å². The highest BCUT2D eigenvalue weighted by Crippen LogP contribution is 2.26. The molecular formula is C14H22BrClN2O2S. The zero-order chi connectivity index (χ0) is 14.8. The van der Waals surface area contributed by atoms with Crippen LogP contribution in [0.5, 0.6) is 0 Å². The van der Waals surface area contributed by atoms with Crippen LogP contribution < -0.4 is 10.5 Å². The molecule has 1 aliphatic rings. The molecule has 2 unspecified atom stereocenters. The van der Waals surface area contributed by atoms with Gasteiger partial charge >= 0.3 is 0 Å². The fraction of sp³-hybridized carbons (Fsp3) is 0.571. The van der Waals surface area contributed by atoms with Crippen LogP contribution in [0.3, 0.4) is 0 Å². The van der Waals surface area contributed by atoms with Gasteiger partial charge < -0.3 is 5.73 Å². The van der Waals surface area contributed by atoms with Gasteiger partial charge in [-0.1, -0.05) is 34.8 Å². The topological polar surface area (TPSA) is 72.2 Å². The van der Waals surface area contributed by atoms with Crippen molar-refractivity contribution in [3.05, 3.63) is 28.2 Å². The van der Waals surface area contributed by atoms with Crippen molar-refractivity contribution >= 4 is 38.4 Å². The average molecular weight is 398 g/mol. The van der Waals surface area contributed by atoms with E-state index >= 15 is 0 Å². The zero-order valence-electron chi connectivity index (χ0n) is 12.0. The number of aryl methyl sites for hydroxylation is 1. The van der Waals surface area contributed by atoms with E-state index in [4.69, 9.17) is 5.73 Å². The van der Waals surface area contributed by atoms with E-state index in [1.165, 1.54) is 0 Å². The van der Waals surface area contributed by atoms with Crippen LogP contribution in [-0.4, -0.2) is 21.0 Å². The molecule has 4 nitrogen and oxygen atoms in total. The van der Waals surface area contributed by atoms with E-state index in [0.29, 0.717) is 11.4 Å². The van der Waals surface area contributed by atoms with E-state index < -0.39 is 10.0 Å². The monoisotopic (exact) mass is 396 g/mol. The van der Waals surface area contributed by atoms with Crippen molar-refractivity contribution in [2.75, 3.05) is 6.54 Å². The molecule has 2 atom stereocenters. The highest BCUT2D eigenvalue weighted by atomic mass is 79.9. The summed E-state index contributed by atoms with van der Waals surface area (Å²) in [7, 11) is -3.48. The molecule has 0 radical (unpaired) electrons. The second-order valence-corrected chi connectivity index (χ2v) is 7.99. The summed E-state index contributed by atoms with van der Waals surface area (Å²) in [5.41, 5.74) is 6.77. The van der Waals surface area contributed by atoms with Gasteiger partial charge in [0.15, 0.2) is 0 Å². The largest absolute Gasteiger partial charge is 0.330 e. The lowest BCUT2D eigenvalue weighted by atomic mass is 9.85. The molecule has 0 bridgehead atoms. The minimum atomic E-state index is -3.48. The summed E-state index contributed by atoms with van der Waals surface area (Å²) in [5.74, 6) is 0.243. The summed E-state index contributed by atoms with van der Waals surface area (Å²) in [6, 6.07) is 5.06. The third-order valence-corrected chi connectivity index (χ3v) is 6.31. The van der Waals surface area contributed by atoms with Gasteiger partial charge in [-0.25, -0.2) is 13.1 Å². The van der Waals surface area contributed by atoms with Crippen molar-refractivity contribution < 1.29 is 8.42 Å². The van der Waals surface area contributed by atoms with Gasteiger partial charge in [0, 0.05) is 10.5 Å². The van der Waals surface area contributed by atoms with Crippen LogP contribution >= 0.6 is 28.3 Å². The van der Waals surface area contributed by atoms with Gasteiger partial charge in [-0.05, 0) is 49.9 Å². The molecular weight excluding hydrogens is 376 g/mol. The maximum atomic E-state index is 12.5. The number of benzene rings is 1. The second-order valence-electron chi connectivity index (χ2n) is 5.42. The molecule has 0 saturated heterocycles. The molecule has 7 heteroatoms. The number of halogens is 2. The molecule has 21 heavy (non-hydrogen) atoms. The average Bonchev–Trinajstić information content (AvgIpc) is 2.42. The molecule has 0 aliphatic heterocycles. The van der Waals surface area contributed by atoms with Crippen molar-refractivity contribution in [1.82, 2.24) is 4.72 Å². The first-order valence-corrected chi connectivity index (χ1v) is 9.20. The highest BCUT2D eigenvalue weighted by Gasteiger charge is 2.28. The second kappa shape index (κ2) is 7.92. The lowest BCUT2D eigenvalue weighted by molar-refractivity contribution is 0.296. The summed E-state index contributed by atoms with van der Waals surface area (Å²) in [6.45, 7) is 2.46. The van der Waals surface area contributed by atoms with E-state index in [2.05, 4.69) is 20.7 Å². The summed E-state index contributed by atoms with van der Waals surface area (Å²) in [6.07, 6.45) is 4.06. The fourth-order valence-electron chi connectivity index (χ4n) is 2.65. The number of hydrogen-bond donors (Lipinski definition) is 2. The first kappa shape index (κ1) is 18.9. The maximum Gasteiger partial charge on any atom is 0.240 e. The Bertz CT molecular complexity index is 580. The van der Waals surface area contributed by atoms with Gasteiger partial charge in [-0.2, -0.15) is 0 Å². The van der Waals surface area contributed by atoms with Crippen LogP contribution in [0.25, 0.3) is 0 Å². The molecule has 1 aromatic rings. The summed E-state index contributed by atoms with van der Waals surface area (Å²) in [4.78, 5) is 0.302. The number of nitrogens with one attached hydrogen (secondary N) is 1. The van der Waals surface area contributed by atoms with E-state index in [0.717, 1.165) is 35.7 Å². The first-order valence-electron chi connectivity index (χ1n) is 6.92. The summed E-state index contributed by atoms with van der Waals surface area (Å²) < 4.78 is 28.5. The zero-order valence-corrected chi connectivity index (χ0v) is 15.2. The van der Waals surface area contributed by atoms with Gasteiger partial charge in [0.05, 0.1) is 4.90 Å². The Hall–Kier alpha value is -0.140. The lowest BCUT2D eigenvalue weighted by Crippen LogP contribution is -2.44. The molecule has 0 spiro atoms. The van der Waals surface area contributed by atoms with Crippen LogP contribution in [0, 0.1) is 12.8 Å². The van der Waals surface area contributed by atoms with Crippen molar-refractivity contribution in [2.24, 2.45) is 11.7 Å². The van der Waals surface area contributed by atoms with E-state index in [9.17, 15) is 8.42 Å². The molecule has 0 aromatic heterocycles. The van der Waals surface area contributed by atoms with E-state index in [-0.39, 0.29) is 24.4 Å². The Morgan fingerprint density at radius 3 is 2.62 bits per heavy atom. The molecule has 1 saturated carbocycles. The first-order chi connectivity index (χ1) is 9.44. The minimum absolute atomic E-state index is 0. The van der Waals surface area contributed by atoms with E-state index in [1.54, 1.807) is 18.2 Å². The Morgan fingerprint density at radius 1 is 1.33 bits per heavy atom. The molecule has 120 valence electrons. The van der Waals surface area contributed by atoms with Crippen LogP contribution in [0.1, 0.15) is 31.2 Å². The Morgan fingerprint density at radius 2 is 2.00 bits per heavy atom. The number of rotatable bonds is 4. The van der Waals surface area contributed by atoms with Crippen molar-refractivity contribution in [2.45, 2.75) is 43.5 Å². The predicted molar refractivity (Wildman–Crippen MR) is 91.2 cm³/mol. The van der Waals surface area contributed by atoms with Crippen LogP contribution in [0.2, 0.25) is 0 Å². The third-order valence-electron chi connectivity index (χ3n) is 3.97. The van der Waals surface area contributed by atoms with Crippen molar-refractivity contribution in [1.29, 1.82) is 0 Å². The van der Waals surface area contributed by atoms with Crippen molar-refractivity contribution in [3.8, 4) is 0 Å². The Kier molecular flexibility index (Phi) is 7.13. The molecule has 0 amide bonds. The molecule has 1 aliphatic carbocycles. The van der Waals surface area contributed by atoms with Gasteiger partial charge in [-0.15, -0.1) is 12.4 Å². The standard InChI is InChI=1S/C14H21BrN2O2S.ClH/c1-10-6-7-12(8-13(10)15)20(18,19)17-14-5-3-2-4-11(14)9-16;/h6-8,11,14,17H,2-5,9,16H2,1H3;1H. The van der Waals surface area contributed by atoms with Gasteiger partial charge in [0.25, 0.3) is 0 Å². The molecule has 2 rings (SSSR count). The Balaban J connectivity index is 0.00000220. The number of sulfonamides is 1. The molecule has 3 N–H and O–H groups in total. The molecule has 1 fully saturated rings. The smallest absolute Gasteiger partial charge is 0.240 e. The van der Waals surface area contributed by atoms with Crippen LogP contribution in [0.15, 0.2) is 27.6 Å². The van der Waals surface area contributed by atoms with Gasteiger partial charge in [0.1, 0.15) is 0 Å².